The van der Waals surface area contributed by atoms with Crippen LogP contribution in [0.4, 0.5) is 0 Å². The van der Waals surface area contributed by atoms with Crippen molar-refractivity contribution in [2.75, 3.05) is 13.2 Å². The number of imide groups is 1. The molecule has 1 aromatic carbocycles. The smallest absolute Gasteiger partial charge is 0.306 e. The predicted molar refractivity (Wildman–Crippen MR) is 108 cm³/mol. The van der Waals surface area contributed by atoms with Gasteiger partial charge in [-0.2, -0.15) is 10.4 Å². The third-order valence-electron chi connectivity index (χ3n) is 5.36. The Morgan fingerprint density at radius 2 is 1.84 bits per heavy atom. The quantitative estimate of drug-likeness (QED) is 0.445. The molecule has 2 aromatic heterocycles. The molecule has 0 unspecified atom stereocenters. The molecule has 1 aliphatic heterocycles. The van der Waals surface area contributed by atoms with Crippen LogP contribution < -0.4 is 0 Å². The van der Waals surface area contributed by atoms with Crippen molar-refractivity contribution in [1.82, 2.24) is 19.5 Å². The van der Waals surface area contributed by atoms with Crippen molar-refractivity contribution in [2.45, 2.75) is 26.7 Å². The van der Waals surface area contributed by atoms with Gasteiger partial charge in [0.15, 0.2) is 5.65 Å². The highest BCUT2D eigenvalue weighted by molar-refractivity contribution is 6.21. The number of nitriles is 1. The monoisotopic (exact) mass is 417 g/mol. The maximum atomic E-state index is 12.3. The summed E-state index contributed by atoms with van der Waals surface area (Å²) in [7, 11) is 0. The molecule has 2 amide bonds. The molecule has 3 aromatic rings. The number of hydrogen-bond donors (Lipinski definition) is 0. The van der Waals surface area contributed by atoms with Crippen molar-refractivity contribution >= 4 is 23.4 Å². The Balaban J connectivity index is 1.34. The average molecular weight is 417 g/mol. The molecule has 0 saturated carbocycles. The second kappa shape index (κ2) is 7.99. The first-order valence-electron chi connectivity index (χ1n) is 9.77. The summed E-state index contributed by atoms with van der Waals surface area (Å²) in [6.07, 6.45) is 1.98. The van der Waals surface area contributed by atoms with Gasteiger partial charge in [0.25, 0.3) is 11.8 Å². The summed E-state index contributed by atoms with van der Waals surface area (Å²) in [4.78, 5) is 42.4. The zero-order valence-electron chi connectivity index (χ0n) is 17.1. The molecule has 156 valence electrons. The average Bonchev–Trinajstić information content (AvgIpc) is 3.28. The summed E-state index contributed by atoms with van der Waals surface area (Å²) in [5.41, 5.74) is 4.01. The zero-order valence-corrected chi connectivity index (χ0v) is 17.1. The lowest BCUT2D eigenvalue weighted by Crippen LogP contribution is -2.33. The van der Waals surface area contributed by atoms with Gasteiger partial charge in [0, 0.05) is 17.8 Å². The van der Waals surface area contributed by atoms with E-state index in [4.69, 9.17) is 10.00 Å². The van der Waals surface area contributed by atoms with E-state index in [1.54, 1.807) is 28.8 Å². The number of ether oxygens (including phenoxy) is 1. The van der Waals surface area contributed by atoms with E-state index in [0.29, 0.717) is 28.8 Å². The Kier molecular flexibility index (Phi) is 5.21. The Bertz CT molecular complexity index is 1240. The Morgan fingerprint density at radius 1 is 1.16 bits per heavy atom. The third-order valence-corrected chi connectivity index (χ3v) is 5.36. The highest BCUT2D eigenvalue weighted by Crippen LogP contribution is 2.22. The van der Waals surface area contributed by atoms with Crippen molar-refractivity contribution in [1.29, 1.82) is 5.26 Å². The van der Waals surface area contributed by atoms with E-state index in [0.717, 1.165) is 21.9 Å². The second-order valence-electron chi connectivity index (χ2n) is 7.19. The van der Waals surface area contributed by atoms with Gasteiger partial charge in [-0.3, -0.25) is 19.3 Å². The van der Waals surface area contributed by atoms with Gasteiger partial charge in [-0.25, -0.2) is 9.50 Å². The van der Waals surface area contributed by atoms with Crippen LogP contribution >= 0.6 is 0 Å². The minimum Gasteiger partial charge on any atom is -0.464 e. The molecule has 0 bridgehead atoms. The third kappa shape index (κ3) is 3.53. The predicted octanol–water partition coefficient (Wildman–Crippen LogP) is 1.99. The molecule has 0 fully saturated rings. The van der Waals surface area contributed by atoms with Crippen molar-refractivity contribution in [3.63, 3.8) is 0 Å². The Morgan fingerprint density at radius 3 is 2.48 bits per heavy atom. The number of esters is 1. The van der Waals surface area contributed by atoms with Crippen molar-refractivity contribution < 1.29 is 19.1 Å². The lowest BCUT2D eigenvalue weighted by molar-refractivity contribution is -0.143. The molecule has 3 heterocycles. The first-order valence-corrected chi connectivity index (χ1v) is 9.77. The minimum atomic E-state index is -0.436. The van der Waals surface area contributed by atoms with E-state index < -0.39 is 5.97 Å². The fraction of sp³-hybridized carbons (Fsp3) is 0.273. The normalized spacial score (nSPS) is 12.9. The molecule has 9 heteroatoms. The van der Waals surface area contributed by atoms with E-state index in [1.165, 1.54) is 6.20 Å². The highest BCUT2D eigenvalue weighted by Gasteiger charge is 2.34. The Hall–Kier alpha value is -4.06. The first-order chi connectivity index (χ1) is 14.9. The molecule has 9 nitrogen and oxygen atoms in total. The van der Waals surface area contributed by atoms with Crippen molar-refractivity contribution in [3.05, 3.63) is 64.1 Å². The largest absolute Gasteiger partial charge is 0.464 e. The summed E-state index contributed by atoms with van der Waals surface area (Å²) in [5, 5.41) is 13.3. The van der Waals surface area contributed by atoms with E-state index in [9.17, 15) is 14.4 Å². The standard InChI is InChI=1S/C22H19N5O4/c1-13-16(14(2)27-20(25-13)15(11-23)12-24-27)7-8-19(28)31-10-9-26-21(29)17-5-3-4-6-18(17)22(26)30/h3-6,12H,7-10H2,1-2H3. The highest BCUT2D eigenvalue weighted by atomic mass is 16.5. The molecule has 0 N–H and O–H groups in total. The van der Waals surface area contributed by atoms with Crippen molar-refractivity contribution in [3.8, 4) is 6.07 Å². The number of nitrogens with zero attached hydrogens (tertiary/aromatic N) is 5. The van der Waals surface area contributed by atoms with E-state index >= 15 is 0 Å². The first kappa shape index (κ1) is 20.2. The van der Waals surface area contributed by atoms with E-state index in [1.807, 2.05) is 13.8 Å². The number of aryl methyl sites for hydroxylation is 2. The van der Waals surface area contributed by atoms with Crippen LogP contribution in [-0.4, -0.2) is 50.4 Å². The lowest BCUT2D eigenvalue weighted by atomic mass is 10.1. The number of amides is 2. The van der Waals surface area contributed by atoms with Crippen LogP contribution in [0.15, 0.2) is 30.5 Å². The van der Waals surface area contributed by atoms with Crippen LogP contribution in [0, 0.1) is 25.2 Å². The number of carbonyl (C=O) groups is 3. The van der Waals surface area contributed by atoms with Gasteiger partial charge < -0.3 is 4.74 Å². The molecular weight excluding hydrogens is 398 g/mol. The molecule has 1 aliphatic rings. The number of fused-ring (bicyclic) bond motifs is 2. The van der Waals surface area contributed by atoms with Crippen LogP contribution in [0.5, 0.6) is 0 Å². The second-order valence-corrected chi connectivity index (χ2v) is 7.19. The number of benzene rings is 1. The summed E-state index contributed by atoms with van der Waals surface area (Å²) in [5.74, 6) is -1.19. The van der Waals surface area contributed by atoms with Gasteiger partial charge in [-0.15, -0.1) is 0 Å². The molecular formula is C22H19N5O4. The van der Waals surface area contributed by atoms with Crippen molar-refractivity contribution in [2.24, 2.45) is 0 Å². The number of hydrogen-bond acceptors (Lipinski definition) is 7. The van der Waals surface area contributed by atoms with Gasteiger partial charge >= 0.3 is 5.97 Å². The molecule has 0 atom stereocenters. The maximum absolute atomic E-state index is 12.3. The number of aromatic nitrogens is 3. The fourth-order valence-corrected chi connectivity index (χ4v) is 3.74. The molecule has 0 radical (unpaired) electrons. The Labute approximate surface area is 177 Å². The molecule has 4 rings (SSSR count). The zero-order chi connectivity index (χ0) is 22.1. The van der Waals surface area contributed by atoms with Crippen LogP contribution in [0.25, 0.3) is 5.65 Å². The minimum absolute atomic E-state index is 0.00782. The van der Waals surface area contributed by atoms with Gasteiger partial charge in [-0.05, 0) is 38.0 Å². The summed E-state index contributed by atoms with van der Waals surface area (Å²) < 4.78 is 6.83. The topological polar surface area (TPSA) is 118 Å². The van der Waals surface area contributed by atoms with Crippen LogP contribution in [0.1, 0.15) is 49.7 Å². The molecule has 0 aliphatic carbocycles. The molecule has 0 saturated heterocycles. The molecule has 31 heavy (non-hydrogen) atoms. The van der Waals surface area contributed by atoms with Gasteiger partial charge in [0.2, 0.25) is 0 Å². The number of carbonyl (C=O) groups excluding carboxylic acids is 3. The fourth-order valence-electron chi connectivity index (χ4n) is 3.74. The van der Waals surface area contributed by atoms with E-state index in [2.05, 4.69) is 16.2 Å². The summed E-state index contributed by atoms with van der Waals surface area (Å²) >= 11 is 0. The van der Waals surface area contributed by atoms with Crippen LogP contribution in [-0.2, 0) is 16.0 Å². The molecule has 0 spiro atoms. The van der Waals surface area contributed by atoms with Gasteiger partial charge in [-0.1, -0.05) is 12.1 Å². The van der Waals surface area contributed by atoms with Gasteiger partial charge in [0.1, 0.15) is 18.2 Å². The van der Waals surface area contributed by atoms with Crippen LogP contribution in [0.2, 0.25) is 0 Å². The van der Waals surface area contributed by atoms with E-state index in [-0.39, 0.29) is 31.4 Å². The number of rotatable bonds is 6. The van der Waals surface area contributed by atoms with Gasteiger partial charge in [0.05, 0.1) is 23.9 Å². The lowest BCUT2D eigenvalue weighted by Gasteiger charge is -2.14. The SMILES string of the molecule is Cc1nc2c(C#N)cnn2c(C)c1CCC(=O)OCCN1C(=O)c2ccccc2C1=O. The maximum Gasteiger partial charge on any atom is 0.306 e. The van der Waals surface area contributed by atoms with Crippen LogP contribution in [0.3, 0.4) is 0 Å². The summed E-state index contributed by atoms with van der Waals surface area (Å²) in [6.45, 7) is 3.63. The summed E-state index contributed by atoms with van der Waals surface area (Å²) in [6, 6.07) is 8.68.